The first-order chi connectivity index (χ1) is 10.3. The monoisotopic (exact) mass is 300 g/mol. The van der Waals surface area contributed by atoms with Gasteiger partial charge in [-0.25, -0.2) is 0 Å². The van der Waals surface area contributed by atoms with Crippen LogP contribution in [0.1, 0.15) is 50.0 Å². The van der Waals surface area contributed by atoms with Crippen molar-refractivity contribution in [3.8, 4) is 0 Å². The largest absolute Gasteiger partial charge is 0.390 e. The van der Waals surface area contributed by atoms with Crippen LogP contribution < -0.4 is 5.73 Å². The Hall–Kier alpha value is -1.06. The van der Waals surface area contributed by atoms with Crippen molar-refractivity contribution in [1.29, 1.82) is 0 Å². The molecule has 2 nitrogen and oxygen atoms in total. The second kappa shape index (κ2) is 5.62. The maximum atomic E-state index is 6.39. The highest BCUT2D eigenvalue weighted by atomic mass is 32.1. The normalized spacial score (nSPS) is 27.4. The molecule has 3 heterocycles. The van der Waals surface area contributed by atoms with Gasteiger partial charge in [-0.15, -0.1) is 11.3 Å². The summed E-state index contributed by atoms with van der Waals surface area (Å²) in [6.45, 7) is 2.58. The van der Waals surface area contributed by atoms with E-state index in [0.717, 1.165) is 11.0 Å². The molecule has 0 aliphatic carbocycles. The summed E-state index contributed by atoms with van der Waals surface area (Å²) in [5.41, 5.74) is 7.84. The van der Waals surface area contributed by atoms with E-state index in [1.165, 1.54) is 67.3 Å². The predicted molar refractivity (Wildman–Crippen MR) is 92.0 cm³/mol. The van der Waals surface area contributed by atoms with Crippen molar-refractivity contribution in [3.05, 3.63) is 29.8 Å². The van der Waals surface area contributed by atoms with Crippen molar-refractivity contribution < 1.29 is 0 Å². The van der Waals surface area contributed by atoms with Gasteiger partial charge in [0, 0.05) is 10.7 Å². The van der Waals surface area contributed by atoms with E-state index in [1.807, 2.05) is 0 Å². The summed E-state index contributed by atoms with van der Waals surface area (Å²) in [6.07, 6.45) is 8.18. The van der Waals surface area contributed by atoms with Crippen LogP contribution in [0.3, 0.4) is 0 Å². The molecule has 2 aromatic rings. The maximum absolute atomic E-state index is 6.39. The minimum atomic E-state index is 0.659. The summed E-state index contributed by atoms with van der Waals surface area (Å²) in [7, 11) is 0. The van der Waals surface area contributed by atoms with E-state index in [2.05, 4.69) is 29.2 Å². The van der Waals surface area contributed by atoms with Crippen LogP contribution in [0.15, 0.2) is 24.3 Å². The number of fused-ring (bicyclic) bond motifs is 2. The molecule has 1 aromatic carbocycles. The van der Waals surface area contributed by atoms with E-state index in [1.54, 1.807) is 11.3 Å². The summed E-state index contributed by atoms with van der Waals surface area (Å²) >= 11 is 1.77. The zero-order valence-electron chi connectivity index (χ0n) is 12.6. The molecule has 0 radical (unpaired) electrons. The zero-order chi connectivity index (χ0) is 14.2. The molecule has 0 spiro atoms. The van der Waals surface area contributed by atoms with Crippen molar-refractivity contribution >= 4 is 26.4 Å². The van der Waals surface area contributed by atoms with Crippen LogP contribution in [0, 0.1) is 0 Å². The van der Waals surface area contributed by atoms with E-state index in [-0.39, 0.29) is 0 Å². The number of piperidine rings is 1. The first kappa shape index (κ1) is 13.6. The summed E-state index contributed by atoms with van der Waals surface area (Å²) in [6, 6.07) is 9.58. The number of thiophene rings is 1. The van der Waals surface area contributed by atoms with E-state index < -0.39 is 0 Å². The minimum absolute atomic E-state index is 0.659. The average molecular weight is 300 g/mol. The molecule has 2 aliphatic heterocycles. The van der Waals surface area contributed by atoms with Gasteiger partial charge < -0.3 is 10.6 Å². The molecule has 0 amide bonds. The first-order valence-electron chi connectivity index (χ1n) is 8.34. The number of benzene rings is 1. The van der Waals surface area contributed by atoms with Gasteiger partial charge in [0.05, 0.1) is 5.00 Å². The molecule has 3 heteroatoms. The molecule has 2 fully saturated rings. The van der Waals surface area contributed by atoms with Crippen LogP contribution in [0.2, 0.25) is 0 Å². The van der Waals surface area contributed by atoms with Crippen LogP contribution in [0.4, 0.5) is 5.00 Å². The molecule has 2 aliphatic rings. The van der Waals surface area contributed by atoms with Gasteiger partial charge in [0.1, 0.15) is 0 Å². The number of nitrogens with zero attached hydrogens (tertiary/aromatic N) is 1. The quantitative estimate of drug-likeness (QED) is 0.833. The Morgan fingerprint density at radius 1 is 1.00 bits per heavy atom. The Morgan fingerprint density at radius 2 is 1.90 bits per heavy atom. The highest BCUT2D eigenvalue weighted by molar-refractivity contribution is 7.22. The predicted octanol–water partition coefficient (Wildman–Crippen LogP) is 4.61. The Bertz CT molecular complexity index is 617. The van der Waals surface area contributed by atoms with Crippen LogP contribution >= 0.6 is 11.3 Å². The molecule has 2 atom stereocenters. The number of hydrogen-bond acceptors (Lipinski definition) is 3. The van der Waals surface area contributed by atoms with Crippen molar-refractivity contribution in [1.82, 2.24) is 4.90 Å². The van der Waals surface area contributed by atoms with Gasteiger partial charge in [-0.1, -0.05) is 24.6 Å². The Kier molecular flexibility index (Phi) is 3.64. The molecule has 0 saturated carbocycles. The zero-order valence-corrected chi connectivity index (χ0v) is 13.4. The third-order valence-corrected chi connectivity index (χ3v) is 6.45. The molecule has 2 saturated heterocycles. The SMILES string of the molecule is Nc1sc2ccccc2c1C1CCC2CCCCN2CC1. The van der Waals surface area contributed by atoms with E-state index >= 15 is 0 Å². The average Bonchev–Trinajstić information content (AvgIpc) is 2.70. The molecular formula is C18H24N2S. The van der Waals surface area contributed by atoms with Gasteiger partial charge in [0.15, 0.2) is 0 Å². The Labute approximate surface area is 130 Å². The minimum Gasteiger partial charge on any atom is -0.390 e. The second-order valence-electron chi connectivity index (χ2n) is 6.62. The maximum Gasteiger partial charge on any atom is 0.0904 e. The number of nitrogen functional groups attached to an aromatic ring is 1. The number of rotatable bonds is 1. The third kappa shape index (κ3) is 2.47. The lowest BCUT2D eigenvalue weighted by Gasteiger charge is -2.33. The molecule has 2 N–H and O–H groups in total. The molecule has 4 rings (SSSR count). The number of hydrogen-bond donors (Lipinski definition) is 1. The second-order valence-corrected chi connectivity index (χ2v) is 7.71. The molecule has 1 aromatic heterocycles. The van der Waals surface area contributed by atoms with Gasteiger partial charge >= 0.3 is 0 Å². The molecule has 21 heavy (non-hydrogen) atoms. The van der Waals surface area contributed by atoms with Gasteiger partial charge in [-0.3, -0.25) is 0 Å². The molecule has 112 valence electrons. The number of nitrogens with two attached hydrogens (primary N) is 1. The fourth-order valence-corrected chi connectivity index (χ4v) is 5.39. The van der Waals surface area contributed by atoms with E-state index in [4.69, 9.17) is 5.73 Å². The van der Waals surface area contributed by atoms with Crippen LogP contribution in [-0.4, -0.2) is 24.0 Å². The van der Waals surface area contributed by atoms with Crippen LogP contribution in [0.25, 0.3) is 10.1 Å². The van der Waals surface area contributed by atoms with Gasteiger partial charge in [-0.05, 0) is 68.1 Å². The smallest absolute Gasteiger partial charge is 0.0904 e. The molecular weight excluding hydrogens is 276 g/mol. The summed E-state index contributed by atoms with van der Waals surface area (Å²) in [5, 5.41) is 2.46. The third-order valence-electron chi connectivity index (χ3n) is 5.43. The van der Waals surface area contributed by atoms with Crippen molar-refractivity contribution in [2.24, 2.45) is 0 Å². The number of anilines is 1. The topological polar surface area (TPSA) is 29.3 Å². The lowest BCUT2D eigenvalue weighted by atomic mass is 9.89. The summed E-state index contributed by atoms with van der Waals surface area (Å²) < 4.78 is 1.35. The van der Waals surface area contributed by atoms with Gasteiger partial charge in [0.25, 0.3) is 0 Å². The van der Waals surface area contributed by atoms with E-state index in [9.17, 15) is 0 Å². The fourth-order valence-electron chi connectivity index (χ4n) is 4.33. The Morgan fingerprint density at radius 3 is 2.86 bits per heavy atom. The first-order valence-corrected chi connectivity index (χ1v) is 9.15. The summed E-state index contributed by atoms with van der Waals surface area (Å²) in [4.78, 5) is 2.74. The van der Waals surface area contributed by atoms with Gasteiger partial charge in [-0.2, -0.15) is 0 Å². The van der Waals surface area contributed by atoms with Crippen molar-refractivity contribution in [2.45, 2.75) is 50.5 Å². The lowest BCUT2D eigenvalue weighted by Crippen LogP contribution is -2.38. The standard InChI is InChI=1S/C18H24N2S/c19-18-17(15-6-1-2-7-16(15)21-18)13-8-9-14-5-3-4-11-20(14)12-10-13/h1-2,6-7,13-14H,3-5,8-12,19H2. The highest BCUT2D eigenvalue weighted by Crippen LogP contribution is 2.43. The van der Waals surface area contributed by atoms with Crippen LogP contribution in [0.5, 0.6) is 0 Å². The Balaban J connectivity index is 1.64. The molecule has 0 bridgehead atoms. The van der Waals surface area contributed by atoms with Crippen molar-refractivity contribution in [2.75, 3.05) is 18.8 Å². The lowest BCUT2D eigenvalue weighted by molar-refractivity contribution is 0.151. The highest BCUT2D eigenvalue weighted by Gasteiger charge is 2.29. The van der Waals surface area contributed by atoms with E-state index in [0.29, 0.717) is 5.92 Å². The van der Waals surface area contributed by atoms with Gasteiger partial charge in [0.2, 0.25) is 0 Å². The van der Waals surface area contributed by atoms with Crippen LogP contribution in [-0.2, 0) is 0 Å². The van der Waals surface area contributed by atoms with Crippen molar-refractivity contribution in [3.63, 3.8) is 0 Å². The summed E-state index contributed by atoms with van der Waals surface area (Å²) in [5.74, 6) is 0.659. The molecule has 2 unspecified atom stereocenters. The fraction of sp³-hybridized carbons (Fsp3) is 0.556.